The predicted octanol–water partition coefficient (Wildman–Crippen LogP) is 1.09. The molecule has 0 spiro atoms. The van der Waals surface area contributed by atoms with Gasteiger partial charge < -0.3 is 5.73 Å². The Bertz CT molecular complexity index is 382. The molecule has 0 saturated heterocycles. The first-order valence-electron chi connectivity index (χ1n) is 3.55. The number of nitrogens with zero attached hydrogens (tertiary/aromatic N) is 2. The molecule has 0 unspecified atom stereocenters. The zero-order valence-corrected chi connectivity index (χ0v) is 8.74. The van der Waals surface area contributed by atoms with E-state index in [9.17, 15) is 0 Å². The Morgan fingerprint density at radius 3 is 3.17 bits per heavy atom. The lowest BCUT2D eigenvalue weighted by Crippen LogP contribution is -2.20. The maximum absolute atomic E-state index is 5.72. The standard InChI is InChI=1S/C8H8IN3/c1-5-9-6-3-2-4-11-7(6)8(10)12-5/h2-4H,1H3,(H2,10,12). The number of aromatic nitrogens is 1. The van der Waals surface area contributed by atoms with Gasteiger partial charge in [-0.15, -0.1) is 0 Å². The van der Waals surface area contributed by atoms with Crippen molar-refractivity contribution in [2.45, 2.75) is 6.92 Å². The summed E-state index contributed by atoms with van der Waals surface area (Å²) in [7, 11) is 0. The van der Waals surface area contributed by atoms with E-state index in [-0.39, 0.29) is 20.7 Å². The number of aliphatic imine (C=N–C) groups is 1. The van der Waals surface area contributed by atoms with Crippen molar-refractivity contribution in [1.82, 2.24) is 4.98 Å². The fourth-order valence-electron chi connectivity index (χ4n) is 1.04. The molecule has 1 aromatic heterocycles. The van der Waals surface area contributed by atoms with Gasteiger partial charge in [0.2, 0.25) is 0 Å². The van der Waals surface area contributed by atoms with Gasteiger partial charge in [-0.2, -0.15) is 0 Å². The summed E-state index contributed by atoms with van der Waals surface area (Å²) in [6, 6.07) is 4.03. The second-order valence-electron chi connectivity index (χ2n) is 2.42. The topological polar surface area (TPSA) is 51.3 Å². The Balaban J connectivity index is 2.66. The van der Waals surface area contributed by atoms with Crippen LogP contribution in [-0.4, -0.2) is 14.5 Å². The minimum atomic E-state index is -0.108. The predicted molar refractivity (Wildman–Crippen MR) is 58.4 cm³/mol. The van der Waals surface area contributed by atoms with E-state index >= 15 is 0 Å². The molecule has 2 N–H and O–H groups in total. The molecule has 3 nitrogen and oxygen atoms in total. The molecule has 0 radical (unpaired) electrons. The summed E-state index contributed by atoms with van der Waals surface area (Å²) in [5, 5.41) is 0. The summed E-state index contributed by atoms with van der Waals surface area (Å²) < 4.78 is 2.44. The molecule has 2 rings (SSSR count). The molecule has 12 heavy (non-hydrogen) atoms. The Labute approximate surface area is 80.5 Å². The lowest BCUT2D eigenvalue weighted by atomic mass is 10.3. The number of amidine groups is 1. The monoisotopic (exact) mass is 273 g/mol. The average molecular weight is 273 g/mol. The van der Waals surface area contributed by atoms with E-state index in [1.165, 1.54) is 3.57 Å². The average Bonchev–Trinajstić information content (AvgIpc) is 2.04. The summed E-state index contributed by atoms with van der Waals surface area (Å²) in [4.78, 5) is 8.41. The van der Waals surface area contributed by atoms with E-state index in [0.29, 0.717) is 5.84 Å². The van der Waals surface area contributed by atoms with Crippen molar-refractivity contribution < 1.29 is 0 Å². The highest BCUT2D eigenvalue weighted by atomic mass is 127. The molecule has 1 aliphatic rings. The van der Waals surface area contributed by atoms with Gasteiger partial charge in [-0.05, 0) is 19.1 Å². The molecule has 2 heterocycles. The van der Waals surface area contributed by atoms with Crippen molar-refractivity contribution in [3.05, 3.63) is 27.6 Å². The van der Waals surface area contributed by atoms with Crippen LogP contribution in [0.2, 0.25) is 0 Å². The highest BCUT2D eigenvalue weighted by Crippen LogP contribution is 2.20. The maximum atomic E-state index is 5.72. The molecule has 0 aromatic carbocycles. The molecule has 0 bridgehead atoms. The minimum Gasteiger partial charge on any atom is -0.382 e. The van der Waals surface area contributed by atoms with Crippen molar-refractivity contribution in [3.8, 4) is 0 Å². The van der Waals surface area contributed by atoms with Gasteiger partial charge in [-0.25, -0.2) is 4.99 Å². The summed E-state index contributed by atoms with van der Waals surface area (Å²) in [6.07, 6.45) is 1.76. The van der Waals surface area contributed by atoms with Gasteiger partial charge in [0.15, 0.2) is 5.84 Å². The molecule has 4 heteroatoms. The molecule has 0 aliphatic carbocycles. The van der Waals surface area contributed by atoms with Crippen molar-refractivity contribution in [2.75, 3.05) is 0 Å². The smallest absolute Gasteiger partial charge is 0.151 e. The van der Waals surface area contributed by atoms with Crippen LogP contribution < -0.4 is 5.73 Å². The number of halogens is 1. The van der Waals surface area contributed by atoms with Gasteiger partial charge in [-0.3, -0.25) is 4.98 Å². The van der Waals surface area contributed by atoms with Crippen molar-refractivity contribution in [3.63, 3.8) is 0 Å². The van der Waals surface area contributed by atoms with Crippen molar-refractivity contribution >= 4 is 30.2 Å². The SMILES string of the molecule is CC1=Ic2cccnc2C(N)=N1. The third kappa shape index (κ3) is 1.26. The molecule has 0 saturated carbocycles. The quantitative estimate of drug-likeness (QED) is 0.719. The zero-order chi connectivity index (χ0) is 8.55. The van der Waals surface area contributed by atoms with Gasteiger partial charge in [0.05, 0.1) is 3.63 Å². The summed E-state index contributed by atoms with van der Waals surface area (Å²) in [5.74, 6) is 0.564. The number of pyridine rings is 1. The number of rotatable bonds is 0. The number of fused-ring (bicyclic) bond motifs is 1. The Morgan fingerprint density at radius 2 is 2.33 bits per heavy atom. The Kier molecular flexibility index (Phi) is 1.92. The second kappa shape index (κ2) is 2.93. The lowest BCUT2D eigenvalue weighted by molar-refractivity contribution is 1.25. The number of nitrogens with two attached hydrogens (primary N) is 1. The molecule has 1 aliphatic heterocycles. The first-order chi connectivity index (χ1) is 5.77. The van der Waals surface area contributed by atoms with E-state index in [1.54, 1.807) is 6.20 Å². The zero-order valence-electron chi connectivity index (χ0n) is 6.58. The van der Waals surface area contributed by atoms with E-state index in [4.69, 9.17) is 5.73 Å². The summed E-state index contributed by atoms with van der Waals surface area (Å²) >= 11 is -0.108. The van der Waals surface area contributed by atoms with Crippen LogP contribution in [0, 0.1) is 3.57 Å². The second-order valence-corrected chi connectivity index (χ2v) is 5.69. The van der Waals surface area contributed by atoms with E-state index in [2.05, 4.69) is 16.0 Å². The van der Waals surface area contributed by atoms with Crippen LogP contribution in [0.15, 0.2) is 23.3 Å². The summed E-state index contributed by atoms with van der Waals surface area (Å²) in [5.41, 5.74) is 6.61. The van der Waals surface area contributed by atoms with Crippen LogP contribution in [0.25, 0.3) is 0 Å². The van der Waals surface area contributed by atoms with Gasteiger partial charge in [0.25, 0.3) is 0 Å². The van der Waals surface area contributed by atoms with Crippen LogP contribution in [0.5, 0.6) is 0 Å². The van der Waals surface area contributed by atoms with Crippen LogP contribution in [0.1, 0.15) is 12.6 Å². The fourth-order valence-corrected chi connectivity index (χ4v) is 3.32. The van der Waals surface area contributed by atoms with Gasteiger partial charge >= 0.3 is 0 Å². The Hall–Kier alpha value is -0.780. The van der Waals surface area contributed by atoms with Crippen LogP contribution in [0.4, 0.5) is 0 Å². The number of hydrogen-bond acceptors (Lipinski definition) is 3. The highest BCUT2D eigenvalue weighted by molar-refractivity contribution is 14.2. The largest absolute Gasteiger partial charge is 0.382 e. The van der Waals surface area contributed by atoms with E-state index in [0.717, 1.165) is 9.33 Å². The van der Waals surface area contributed by atoms with Crippen molar-refractivity contribution in [2.24, 2.45) is 10.7 Å². The maximum Gasteiger partial charge on any atom is 0.151 e. The van der Waals surface area contributed by atoms with Crippen molar-refractivity contribution in [1.29, 1.82) is 0 Å². The van der Waals surface area contributed by atoms with Crippen LogP contribution >= 0.6 is 20.7 Å². The van der Waals surface area contributed by atoms with Gasteiger partial charge in [0, 0.05) is 9.77 Å². The highest BCUT2D eigenvalue weighted by Gasteiger charge is 2.10. The molecule has 0 amide bonds. The third-order valence-electron chi connectivity index (χ3n) is 1.51. The Morgan fingerprint density at radius 1 is 1.50 bits per heavy atom. The molecule has 0 atom stereocenters. The van der Waals surface area contributed by atoms with Gasteiger partial charge in [-0.1, -0.05) is 20.7 Å². The number of hydrogen-bond donors (Lipinski definition) is 1. The molecular formula is C8H8IN3. The first-order valence-corrected chi connectivity index (χ1v) is 5.71. The van der Waals surface area contributed by atoms with E-state index in [1.807, 2.05) is 13.0 Å². The lowest BCUT2D eigenvalue weighted by Gasteiger charge is -2.08. The first kappa shape index (κ1) is 7.85. The molecule has 1 aromatic rings. The van der Waals surface area contributed by atoms with Crippen LogP contribution in [-0.2, 0) is 0 Å². The fraction of sp³-hybridized carbons (Fsp3) is 0.125. The normalized spacial score (nSPS) is 15.4. The molecule has 62 valence electrons. The third-order valence-corrected chi connectivity index (χ3v) is 3.99. The van der Waals surface area contributed by atoms with Gasteiger partial charge in [0.1, 0.15) is 5.69 Å². The summed E-state index contributed by atoms with van der Waals surface area (Å²) in [6.45, 7) is 2.02. The minimum absolute atomic E-state index is 0.108. The molecular weight excluding hydrogens is 265 g/mol. The van der Waals surface area contributed by atoms with E-state index < -0.39 is 0 Å². The molecule has 0 fully saturated rings. The van der Waals surface area contributed by atoms with Crippen LogP contribution in [0.3, 0.4) is 0 Å².